The van der Waals surface area contributed by atoms with Crippen LogP contribution in [0.4, 0.5) is 0 Å². The molecule has 1 amide bonds. The molecule has 8 heteroatoms. The summed E-state index contributed by atoms with van der Waals surface area (Å²) < 4.78 is 5.18. The van der Waals surface area contributed by atoms with Crippen LogP contribution >= 0.6 is 11.3 Å². The molecule has 4 rings (SSSR count). The van der Waals surface area contributed by atoms with Crippen LogP contribution in [0.3, 0.4) is 0 Å². The maximum absolute atomic E-state index is 12.4. The van der Waals surface area contributed by atoms with Crippen molar-refractivity contribution in [3.8, 4) is 16.3 Å². The number of carboxylic acids is 1. The fourth-order valence-electron chi connectivity index (χ4n) is 5.09. The number of amides is 1. The van der Waals surface area contributed by atoms with Crippen LogP contribution in [-0.4, -0.2) is 47.1 Å². The first kappa shape index (κ1) is 37.4. The van der Waals surface area contributed by atoms with Gasteiger partial charge in [0.2, 0.25) is 0 Å². The minimum absolute atomic E-state index is 0.0250. The molecule has 0 aliphatic heterocycles. The summed E-state index contributed by atoms with van der Waals surface area (Å²) in [6, 6.07) is 15.1. The van der Waals surface area contributed by atoms with Crippen LogP contribution in [0.25, 0.3) is 10.6 Å². The Hall–Kier alpha value is -4.01. The van der Waals surface area contributed by atoms with Crippen molar-refractivity contribution < 1.29 is 19.4 Å². The summed E-state index contributed by atoms with van der Waals surface area (Å²) in [4.78, 5) is 30.0. The monoisotopic (exact) mass is 657 g/mol. The van der Waals surface area contributed by atoms with Gasteiger partial charge in [-0.05, 0) is 56.1 Å². The number of carbonyl (C=O) groups is 2. The number of unbranched alkanes of at least 4 members (excludes halogenated alkanes) is 5. The molecule has 0 unspecified atom stereocenters. The number of aromatic nitrogens is 1. The molecule has 1 heterocycles. The first-order valence-corrected chi connectivity index (χ1v) is 17.7. The smallest absolute Gasteiger partial charge is 0.341 e. The van der Waals surface area contributed by atoms with E-state index >= 15 is 0 Å². The summed E-state index contributed by atoms with van der Waals surface area (Å²) in [5.41, 5.74) is 5.32. The van der Waals surface area contributed by atoms with Gasteiger partial charge in [0.05, 0.1) is 5.69 Å². The Balaban J connectivity index is 0.000000511. The minimum atomic E-state index is -0.994. The molecule has 252 valence electrons. The van der Waals surface area contributed by atoms with Crippen LogP contribution in [0.15, 0.2) is 89.9 Å². The summed E-state index contributed by atoms with van der Waals surface area (Å²) >= 11 is 1.60. The molecule has 0 fully saturated rings. The molecule has 47 heavy (non-hydrogen) atoms. The standard InChI is InChI=1S/C29H37N3O4S.C10H14/c1-3-4-5-6-7-8-17-30-28(35)23-11-13-24(14-12-23)29-31-25(21-37-29)19-32(2)18-22-9-15-26(16-10-22)36-20-27(33)34;1-2-7-10-8-5-3-4-6-9-10/h9-16,21H,3-8,17-20H2,1-2H3,(H,30,35)(H,33,34);3-6,8H,2,7,9H2,1H3. The highest BCUT2D eigenvalue weighted by Crippen LogP contribution is 2.25. The summed E-state index contributed by atoms with van der Waals surface area (Å²) in [6.07, 6.45) is 21.6. The number of allylic oxidation sites excluding steroid dienone is 6. The number of nitrogens with zero attached hydrogens (tertiary/aromatic N) is 2. The lowest BCUT2D eigenvalue weighted by Gasteiger charge is -2.15. The number of aliphatic carboxylic acids is 1. The van der Waals surface area contributed by atoms with E-state index in [4.69, 9.17) is 14.8 Å². The van der Waals surface area contributed by atoms with Crippen LogP contribution in [0.1, 0.15) is 93.3 Å². The third kappa shape index (κ3) is 15.0. The Bertz CT molecular complexity index is 1440. The number of hydrogen-bond donors (Lipinski definition) is 2. The lowest BCUT2D eigenvalue weighted by molar-refractivity contribution is -0.139. The third-order valence-electron chi connectivity index (χ3n) is 7.57. The molecular formula is C39H51N3O4S. The molecule has 3 aromatic rings. The normalized spacial score (nSPS) is 12.2. The molecule has 0 atom stereocenters. The topological polar surface area (TPSA) is 91.8 Å². The van der Waals surface area contributed by atoms with Crippen molar-refractivity contribution in [1.82, 2.24) is 15.2 Å². The number of nitrogens with one attached hydrogen (secondary N) is 1. The molecule has 0 spiro atoms. The Kier molecular flexibility index (Phi) is 17.3. The molecular weight excluding hydrogens is 607 g/mol. The zero-order valence-electron chi connectivity index (χ0n) is 28.2. The van der Waals surface area contributed by atoms with Gasteiger partial charge in [0.15, 0.2) is 6.61 Å². The maximum atomic E-state index is 12.4. The largest absolute Gasteiger partial charge is 0.482 e. The fourth-order valence-corrected chi connectivity index (χ4v) is 5.91. The van der Waals surface area contributed by atoms with Crippen molar-refractivity contribution in [2.45, 2.75) is 84.7 Å². The van der Waals surface area contributed by atoms with Crippen LogP contribution in [0.2, 0.25) is 0 Å². The molecule has 1 aromatic heterocycles. The van der Waals surface area contributed by atoms with E-state index in [2.05, 4.69) is 59.8 Å². The number of carbonyl (C=O) groups excluding carboxylic acids is 1. The van der Waals surface area contributed by atoms with E-state index in [0.717, 1.165) is 54.2 Å². The summed E-state index contributed by atoms with van der Waals surface area (Å²) in [5, 5.41) is 14.7. The van der Waals surface area contributed by atoms with E-state index in [1.807, 2.05) is 43.4 Å². The van der Waals surface area contributed by atoms with Gasteiger partial charge in [-0.1, -0.05) is 113 Å². The number of carboxylic acid groups (broad SMARTS) is 1. The van der Waals surface area contributed by atoms with E-state index in [9.17, 15) is 9.59 Å². The Morgan fingerprint density at radius 2 is 1.66 bits per heavy atom. The van der Waals surface area contributed by atoms with E-state index in [1.165, 1.54) is 38.5 Å². The number of benzene rings is 2. The Morgan fingerprint density at radius 3 is 2.38 bits per heavy atom. The number of ether oxygens (including phenoxy) is 1. The van der Waals surface area contributed by atoms with Crippen LogP contribution in [-0.2, 0) is 17.9 Å². The molecule has 1 aliphatic rings. The molecule has 2 N–H and O–H groups in total. The number of thiazole rings is 1. The first-order chi connectivity index (χ1) is 22.9. The summed E-state index contributed by atoms with van der Waals surface area (Å²) in [5.74, 6) is -0.478. The second-order valence-corrected chi connectivity index (χ2v) is 12.7. The van der Waals surface area contributed by atoms with Crippen molar-refractivity contribution in [2.24, 2.45) is 0 Å². The second-order valence-electron chi connectivity index (χ2n) is 11.8. The van der Waals surface area contributed by atoms with Gasteiger partial charge in [0.1, 0.15) is 10.8 Å². The second kappa shape index (κ2) is 21.7. The van der Waals surface area contributed by atoms with Gasteiger partial charge < -0.3 is 15.2 Å². The fraction of sp³-hybridized carbons (Fsp3) is 0.410. The Morgan fingerprint density at radius 1 is 0.915 bits per heavy atom. The predicted molar refractivity (Wildman–Crippen MR) is 194 cm³/mol. The molecule has 0 radical (unpaired) electrons. The maximum Gasteiger partial charge on any atom is 0.341 e. The third-order valence-corrected chi connectivity index (χ3v) is 8.51. The van der Waals surface area contributed by atoms with Crippen molar-refractivity contribution in [3.63, 3.8) is 0 Å². The lowest BCUT2D eigenvalue weighted by atomic mass is 10.1. The average molecular weight is 658 g/mol. The molecule has 2 aromatic carbocycles. The Labute approximate surface area is 285 Å². The van der Waals surface area contributed by atoms with Crippen LogP contribution < -0.4 is 10.1 Å². The van der Waals surface area contributed by atoms with Gasteiger partial charge in [0.25, 0.3) is 5.91 Å². The predicted octanol–water partition coefficient (Wildman–Crippen LogP) is 9.22. The van der Waals surface area contributed by atoms with E-state index in [0.29, 0.717) is 17.9 Å². The van der Waals surface area contributed by atoms with Crippen LogP contribution in [0.5, 0.6) is 5.75 Å². The van der Waals surface area contributed by atoms with Crippen molar-refractivity contribution >= 4 is 23.2 Å². The van der Waals surface area contributed by atoms with Gasteiger partial charge in [-0.15, -0.1) is 11.3 Å². The molecule has 0 saturated carbocycles. The van der Waals surface area contributed by atoms with Gasteiger partial charge in [0, 0.05) is 36.1 Å². The SMILES string of the molecule is CCCC1=CC=CC=CC1.CCCCCCCCNC(=O)c1ccc(-c2nc(CN(C)Cc3ccc(OCC(=O)O)cc3)cs2)cc1. The summed E-state index contributed by atoms with van der Waals surface area (Å²) in [7, 11) is 2.03. The van der Waals surface area contributed by atoms with E-state index < -0.39 is 5.97 Å². The highest BCUT2D eigenvalue weighted by atomic mass is 32.1. The van der Waals surface area contributed by atoms with Gasteiger partial charge in [-0.25, -0.2) is 9.78 Å². The highest BCUT2D eigenvalue weighted by molar-refractivity contribution is 7.13. The van der Waals surface area contributed by atoms with Crippen molar-refractivity contribution in [1.29, 1.82) is 0 Å². The zero-order valence-corrected chi connectivity index (χ0v) is 29.1. The molecule has 7 nitrogen and oxygen atoms in total. The zero-order chi connectivity index (χ0) is 33.7. The average Bonchev–Trinajstić information content (AvgIpc) is 3.38. The van der Waals surface area contributed by atoms with Gasteiger partial charge >= 0.3 is 5.97 Å². The molecule has 1 aliphatic carbocycles. The van der Waals surface area contributed by atoms with Gasteiger partial charge in [-0.3, -0.25) is 9.69 Å². The van der Waals surface area contributed by atoms with Crippen LogP contribution in [0, 0.1) is 0 Å². The lowest BCUT2D eigenvalue weighted by Crippen LogP contribution is -2.24. The number of hydrogen-bond acceptors (Lipinski definition) is 6. The first-order valence-electron chi connectivity index (χ1n) is 16.8. The quantitative estimate of drug-likeness (QED) is 0.133. The number of rotatable bonds is 18. The molecule has 0 saturated heterocycles. The van der Waals surface area contributed by atoms with E-state index in [-0.39, 0.29) is 12.5 Å². The van der Waals surface area contributed by atoms with E-state index in [1.54, 1.807) is 29.0 Å². The highest BCUT2D eigenvalue weighted by Gasteiger charge is 2.10. The van der Waals surface area contributed by atoms with Crippen molar-refractivity contribution in [3.05, 3.63) is 107 Å². The van der Waals surface area contributed by atoms with Crippen molar-refractivity contribution in [2.75, 3.05) is 20.2 Å². The molecule has 0 bridgehead atoms. The minimum Gasteiger partial charge on any atom is -0.482 e. The summed E-state index contributed by atoms with van der Waals surface area (Å²) in [6.45, 7) is 6.24. The van der Waals surface area contributed by atoms with Gasteiger partial charge in [-0.2, -0.15) is 0 Å².